The number of aromatic nitrogens is 2. The number of ether oxygens (including phenoxy) is 1. The predicted molar refractivity (Wildman–Crippen MR) is 67.1 cm³/mol. The van der Waals surface area contributed by atoms with E-state index in [1.54, 1.807) is 11.0 Å². The Labute approximate surface area is 103 Å². The summed E-state index contributed by atoms with van der Waals surface area (Å²) in [4.78, 5) is 20.5. The van der Waals surface area contributed by atoms with Crippen LogP contribution in [0.1, 0.15) is 0 Å². The number of nitro groups is 1. The summed E-state index contributed by atoms with van der Waals surface area (Å²) in [6.07, 6.45) is 1.42. The van der Waals surface area contributed by atoms with Crippen molar-refractivity contribution in [2.75, 3.05) is 26.1 Å². The van der Waals surface area contributed by atoms with Gasteiger partial charge in [0.05, 0.1) is 17.5 Å². The molecule has 7 nitrogen and oxygen atoms in total. The summed E-state index contributed by atoms with van der Waals surface area (Å²) in [5.74, 6) is 0.821. The van der Waals surface area contributed by atoms with E-state index in [-0.39, 0.29) is 11.4 Å². The van der Waals surface area contributed by atoms with Crippen molar-refractivity contribution in [1.29, 1.82) is 0 Å². The van der Waals surface area contributed by atoms with Gasteiger partial charge in [-0.05, 0) is 0 Å². The van der Waals surface area contributed by atoms with E-state index < -0.39 is 4.92 Å². The molecule has 2 rings (SSSR count). The van der Waals surface area contributed by atoms with Gasteiger partial charge in [-0.2, -0.15) is 0 Å². The van der Waals surface area contributed by atoms with Crippen molar-refractivity contribution in [2.24, 2.45) is 0 Å². The highest BCUT2D eigenvalue weighted by Gasteiger charge is 2.18. The van der Waals surface area contributed by atoms with E-state index in [0.29, 0.717) is 16.7 Å². The van der Waals surface area contributed by atoms with Gasteiger partial charge < -0.3 is 9.64 Å². The van der Waals surface area contributed by atoms with Crippen LogP contribution in [0, 0.1) is 10.1 Å². The lowest BCUT2D eigenvalue weighted by Gasteiger charge is -2.13. The molecule has 1 heterocycles. The van der Waals surface area contributed by atoms with E-state index in [2.05, 4.69) is 9.97 Å². The standard InChI is InChI=1S/C11H12N4O3/c1-14(2)11-7-4-9(15(16)17)10(18-3)5-8(7)12-6-13-11/h4-6H,1-3H3. The molecule has 0 spiro atoms. The van der Waals surface area contributed by atoms with Crippen molar-refractivity contribution in [2.45, 2.75) is 0 Å². The molecule has 0 amide bonds. The van der Waals surface area contributed by atoms with Crippen LogP contribution < -0.4 is 9.64 Å². The number of benzene rings is 1. The van der Waals surface area contributed by atoms with Gasteiger partial charge in [0.1, 0.15) is 12.1 Å². The molecule has 0 N–H and O–H groups in total. The zero-order valence-corrected chi connectivity index (χ0v) is 10.2. The van der Waals surface area contributed by atoms with E-state index in [4.69, 9.17) is 4.74 Å². The summed E-state index contributed by atoms with van der Waals surface area (Å²) in [6.45, 7) is 0. The molecule has 2 aromatic rings. The quantitative estimate of drug-likeness (QED) is 0.606. The molecule has 18 heavy (non-hydrogen) atoms. The van der Waals surface area contributed by atoms with Crippen molar-refractivity contribution in [3.8, 4) is 5.75 Å². The highest BCUT2D eigenvalue weighted by molar-refractivity contribution is 5.92. The van der Waals surface area contributed by atoms with Crippen LogP contribution in [0.15, 0.2) is 18.5 Å². The Balaban J connectivity index is 2.79. The van der Waals surface area contributed by atoms with E-state index in [9.17, 15) is 10.1 Å². The lowest BCUT2D eigenvalue weighted by Crippen LogP contribution is -2.11. The second-order valence-electron chi connectivity index (χ2n) is 3.89. The average Bonchev–Trinajstić information content (AvgIpc) is 2.35. The molecular weight excluding hydrogens is 236 g/mol. The molecule has 1 aromatic heterocycles. The third-order valence-corrected chi connectivity index (χ3v) is 2.54. The molecule has 0 bridgehead atoms. The number of hydrogen-bond acceptors (Lipinski definition) is 6. The average molecular weight is 248 g/mol. The molecule has 0 fully saturated rings. The van der Waals surface area contributed by atoms with Crippen LogP contribution in [0.25, 0.3) is 10.9 Å². The molecule has 1 aromatic carbocycles. The summed E-state index contributed by atoms with van der Waals surface area (Å²) >= 11 is 0. The SMILES string of the molecule is COc1cc2ncnc(N(C)C)c2cc1[N+](=O)[O-]. The molecule has 0 radical (unpaired) electrons. The molecule has 0 saturated heterocycles. The van der Waals surface area contributed by atoms with Gasteiger partial charge in [0.2, 0.25) is 0 Å². The van der Waals surface area contributed by atoms with E-state index in [1.807, 2.05) is 14.1 Å². The largest absolute Gasteiger partial charge is 0.490 e. The summed E-state index contributed by atoms with van der Waals surface area (Å²) in [5, 5.41) is 11.6. The number of fused-ring (bicyclic) bond motifs is 1. The van der Waals surface area contributed by atoms with Gasteiger partial charge in [-0.1, -0.05) is 0 Å². The minimum absolute atomic E-state index is 0.0945. The first-order chi connectivity index (χ1) is 8.54. The van der Waals surface area contributed by atoms with Crippen LogP contribution in [0.4, 0.5) is 11.5 Å². The Bertz CT molecular complexity index is 613. The summed E-state index contributed by atoms with van der Waals surface area (Å²) in [7, 11) is 5.03. The number of rotatable bonds is 3. The first kappa shape index (κ1) is 12.0. The Morgan fingerprint density at radius 1 is 1.33 bits per heavy atom. The molecule has 0 aliphatic heterocycles. The fourth-order valence-electron chi connectivity index (χ4n) is 1.72. The number of nitro benzene ring substituents is 1. The van der Waals surface area contributed by atoms with Crippen LogP contribution in [-0.2, 0) is 0 Å². The van der Waals surface area contributed by atoms with Gasteiger partial charge in [-0.25, -0.2) is 9.97 Å². The summed E-state index contributed by atoms with van der Waals surface area (Å²) < 4.78 is 5.00. The molecule has 7 heteroatoms. The Morgan fingerprint density at radius 3 is 2.61 bits per heavy atom. The minimum Gasteiger partial charge on any atom is -0.490 e. The van der Waals surface area contributed by atoms with Crippen molar-refractivity contribution in [3.63, 3.8) is 0 Å². The van der Waals surface area contributed by atoms with Gasteiger partial charge in [-0.15, -0.1) is 0 Å². The fraction of sp³-hybridized carbons (Fsp3) is 0.273. The zero-order chi connectivity index (χ0) is 13.3. The van der Waals surface area contributed by atoms with Gasteiger partial charge in [0.25, 0.3) is 0 Å². The number of methoxy groups -OCH3 is 1. The number of nitrogens with zero attached hydrogens (tertiary/aromatic N) is 4. The van der Waals surface area contributed by atoms with Crippen molar-refractivity contribution in [1.82, 2.24) is 9.97 Å². The third kappa shape index (κ3) is 1.90. The van der Waals surface area contributed by atoms with E-state index in [1.165, 1.54) is 19.5 Å². The molecule has 0 saturated carbocycles. The van der Waals surface area contributed by atoms with Crippen molar-refractivity contribution < 1.29 is 9.66 Å². The van der Waals surface area contributed by atoms with Gasteiger partial charge >= 0.3 is 5.69 Å². The smallest absolute Gasteiger partial charge is 0.311 e. The highest BCUT2D eigenvalue weighted by atomic mass is 16.6. The second kappa shape index (κ2) is 4.44. The van der Waals surface area contributed by atoms with Crippen LogP contribution in [0.3, 0.4) is 0 Å². The van der Waals surface area contributed by atoms with Crippen molar-refractivity contribution >= 4 is 22.4 Å². The molecule has 0 aliphatic carbocycles. The van der Waals surface area contributed by atoms with Gasteiger partial charge in [0, 0.05) is 31.6 Å². The Kier molecular flexibility index (Phi) is 2.97. The highest BCUT2D eigenvalue weighted by Crippen LogP contribution is 2.33. The molecule has 0 atom stereocenters. The third-order valence-electron chi connectivity index (χ3n) is 2.54. The van der Waals surface area contributed by atoms with Crippen LogP contribution in [0.2, 0.25) is 0 Å². The Morgan fingerprint density at radius 2 is 2.06 bits per heavy atom. The first-order valence-electron chi connectivity index (χ1n) is 5.19. The molecular formula is C11H12N4O3. The van der Waals surface area contributed by atoms with E-state index in [0.717, 1.165) is 0 Å². The summed E-state index contributed by atoms with van der Waals surface area (Å²) in [5.41, 5.74) is 0.513. The van der Waals surface area contributed by atoms with E-state index >= 15 is 0 Å². The molecule has 0 aliphatic rings. The second-order valence-corrected chi connectivity index (χ2v) is 3.89. The topological polar surface area (TPSA) is 81.4 Å². The van der Waals surface area contributed by atoms with Crippen LogP contribution in [0.5, 0.6) is 5.75 Å². The maximum atomic E-state index is 11.0. The first-order valence-corrected chi connectivity index (χ1v) is 5.19. The van der Waals surface area contributed by atoms with Gasteiger partial charge in [-0.3, -0.25) is 10.1 Å². The molecule has 94 valence electrons. The number of hydrogen-bond donors (Lipinski definition) is 0. The lowest BCUT2D eigenvalue weighted by molar-refractivity contribution is -0.385. The van der Waals surface area contributed by atoms with Crippen LogP contribution in [-0.4, -0.2) is 36.1 Å². The molecule has 0 unspecified atom stereocenters. The fourth-order valence-corrected chi connectivity index (χ4v) is 1.72. The van der Waals surface area contributed by atoms with Crippen molar-refractivity contribution in [3.05, 3.63) is 28.6 Å². The van der Waals surface area contributed by atoms with Gasteiger partial charge in [0.15, 0.2) is 5.75 Å². The minimum atomic E-state index is -0.481. The maximum Gasteiger partial charge on any atom is 0.311 e. The monoisotopic (exact) mass is 248 g/mol. The number of anilines is 1. The summed E-state index contributed by atoms with van der Waals surface area (Å²) in [6, 6.07) is 2.98. The predicted octanol–water partition coefficient (Wildman–Crippen LogP) is 1.61. The normalized spacial score (nSPS) is 10.4. The zero-order valence-electron chi connectivity index (χ0n) is 10.2. The Hall–Kier alpha value is -2.44. The lowest BCUT2D eigenvalue weighted by atomic mass is 10.2. The van der Waals surface area contributed by atoms with Crippen LogP contribution >= 0.6 is 0 Å². The maximum absolute atomic E-state index is 11.0.